The van der Waals surface area contributed by atoms with Crippen LogP contribution in [-0.4, -0.2) is 34.9 Å². The standard InChI is InChI=1S/C24H22O7S/c1-28-21-11-10-19(16-6-9-20-17(12-16)14-31-24(20)25)22(23(21)29-2)30-13-15-4-7-18(8-5-15)32(3,26)27/h4-12H,13-14H2,1-3H3. The first-order valence-electron chi connectivity index (χ1n) is 9.79. The van der Waals surface area contributed by atoms with E-state index in [0.717, 1.165) is 22.3 Å². The molecule has 1 heterocycles. The van der Waals surface area contributed by atoms with Gasteiger partial charge in [-0.25, -0.2) is 13.2 Å². The predicted octanol–water partition coefficient (Wildman–Crippen LogP) is 4.02. The number of methoxy groups -OCH3 is 2. The van der Waals surface area contributed by atoms with Gasteiger partial charge in [0.05, 0.1) is 24.7 Å². The number of sulfone groups is 1. The van der Waals surface area contributed by atoms with Crippen molar-refractivity contribution in [2.75, 3.05) is 20.5 Å². The Hall–Kier alpha value is -3.52. The van der Waals surface area contributed by atoms with Gasteiger partial charge in [0.1, 0.15) is 13.2 Å². The van der Waals surface area contributed by atoms with Crippen LogP contribution in [0.25, 0.3) is 11.1 Å². The van der Waals surface area contributed by atoms with E-state index in [2.05, 4.69) is 0 Å². The fourth-order valence-corrected chi connectivity index (χ4v) is 4.19. The van der Waals surface area contributed by atoms with Crippen LogP contribution in [0.15, 0.2) is 59.5 Å². The Kier molecular flexibility index (Phi) is 5.80. The second-order valence-electron chi connectivity index (χ2n) is 7.33. The molecule has 0 saturated heterocycles. The molecule has 0 bridgehead atoms. The van der Waals surface area contributed by atoms with Gasteiger partial charge in [0.15, 0.2) is 21.3 Å². The first-order chi connectivity index (χ1) is 15.3. The summed E-state index contributed by atoms with van der Waals surface area (Å²) in [7, 11) is -0.192. The van der Waals surface area contributed by atoms with Crippen molar-refractivity contribution in [1.29, 1.82) is 0 Å². The summed E-state index contributed by atoms with van der Waals surface area (Å²) in [4.78, 5) is 12.0. The summed E-state index contributed by atoms with van der Waals surface area (Å²) >= 11 is 0. The minimum absolute atomic E-state index is 0.188. The normalized spacial score (nSPS) is 12.8. The highest BCUT2D eigenvalue weighted by Crippen LogP contribution is 2.45. The number of carbonyl (C=O) groups is 1. The number of hydrogen-bond acceptors (Lipinski definition) is 7. The van der Waals surface area contributed by atoms with E-state index < -0.39 is 9.84 Å². The Morgan fingerprint density at radius 1 is 0.906 bits per heavy atom. The summed E-state index contributed by atoms with van der Waals surface area (Å²) in [6.07, 6.45) is 1.17. The summed E-state index contributed by atoms with van der Waals surface area (Å²) in [5.74, 6) is 1.10. The average molecular weight is 455 g/mol. The molecule has 0 aromatic heterocycles. The van der Waals surface area contributed by atoms with E-state index in [0.29, 0.717) is 22.8 Å². The van der Waals surface area contributed by atoms with E-state index in [1.54, 1.807) is 43.5 Å². The highest BCUT2D eigenvalue weighted by atomic mass is 32.2. The molecule has 0 N–H and O–H groups in total. The van der Waals surface area contributed by atoms with Gasteiger partial charge in [0.2, 0.25) is 5.75 Å². The second-order valence-corrected chi connectivity index (χ2v) is 9.35. The Labute approximate surface area is 186 Å². The Balaban J connectivity index is 1.71. The molecule has 3 aromatic rings. The van der Waals surface area contributed by atoms with E-state index in [1.165, 1.54) is 13.4 Å². The Morgan fingerprint density at radius 2 is 1.62 bits per heavy atom. The lowest BCUT2D eigenvalue weighted by Gasteiger charge is -2.18. The van der Waals surface area contributed by atoms with Crippen molar-refractivity contribution < 1.29 is 32.2 Å². The van der Waals surface area contributed by atoms with Crippen LogP contribution in [-0.2, 0) is 27.8 Å². The molecule has 0 unspecified atom stereocenters. The number of benzene rings is 3. The molecule has 4 rings (SSSR count). The molecular weight excluding hydrogens is 432 g/mol. The molecule has 3 aromatic carbocycles. The van der Waals surface area contributed by atoms with Gasteiger partial charge in [0.25, 0.3) is 0 Å². The van der Waals surface area contributed by atoms with Crippen molar-refractivity contribution in [3.8, 4) is 28.4 Å². The van der Waals surface area contributed by atoms with Gasteiger partial charge in [-0.2, -0.15) is 0 Å². The van der Waals surface area contributed by atoms with Gasteiger partial charge in [-0.3, -0.25) is 0 Å². The fraction of sp³-hybridized carbons (Fsp3) is 0.208. The topological polar surface area (TPSA) is 88.1 Å². The zero-order chi connectivity index (χ0) is 22.9. The number of carbonyl (C=O) groups excluding carboxylic acids is 1. The Bertz CT molecular complexity index is 1280. The molecule has 0 fully saturated rings. The molecule has 7 nitrogen and oxygen atoms in total. The fourth-order valence-electron chi connectivity index (χ4n) is 3.56. The second kappa shape index (κ2) is 8.55. The van der Waals surface area contributed by atoms with Crippen molar-refractivity contribution in [3.05, 3.63) is 71.3 Å². The molecular formula is C24H22O7S. The molecule has 166 valence electrons. The third-order valence-corrected chi connectivity index (χ3v) is 6.36. The monoisotopic (exact) mass is 454 g/mol. The minimum Gasteiger partial charge on any atom is -0.493 e. The van der Waals surface area contributed by atoms with Crippen LogP contribution < -0.4 is 14.2 Å². The maximum absolute atomic E-state index is 11.8. The van der Waals surface area contributed by atoms with E-state index in [4.69, 9.17) is 18.9 Å². The van der Waals surface area contributed by atoms with Gasteiger partial charge in [-0.15, -0.1) is 0 Å². The molecule has 0 atom stereocenters. The van der Waals surface area contributed by atoms with Gasteiger partial charge in [-0.05, 0) is 47.5 Å². The zero-order valence-electron chi connectivity index (χ0n) is 17.9. The van der Waals surface area contributed by atoms with Crippen LogP contribution in [0.1, 0.15) is 21.5 Å². The molecule has 0 spiro atoms. The lowest BCUT2D eigenvalue weighted by molar-refractivity contribution is 0.0535. The Morgan fingerprint density at radius 3 is 2.28 bits per heavy atom. The van der Waals surface area contributed by atoms with Crippen molar-refractivity contribution >= 4 is 15.8 Å². The maximum Gasteiger partial charge on any atom is 0.338 e. The lowest BCUT2D eigenvalue weighted by Crippen LogP contribution is -2.02. The highest BCUT2D eigenvalue weighted by Gasteiger charge is 2.23. The lowest BCUT2D eigenvalue weighted by atomic mass is 9.99. The molecule has 1 aliphatic heterocycles. The van der Waals surface area contributed by atoms with Crippen LogP contribution in [0.2, 0.25) is 0 Å². The predicted molar refractivity (Wildman–Crippen MR) is 118 cm³/mol. The van der Waals surface area contributed by atoms with Crippen LogP contribution >= 0.6 is 0 Å². The molecule has 8 heteroatoms. The number of cyclic esters (lactones) is 1. The number of esters is 1. The summed E-state index contributed by atoms with van der Waals surface area (Å²) in [6.45, 7) is 0.422. The molecule has 32 heavy (non-hydrogen) atoms. The average Bonchev–Trinajstić information content (AvgIpc) is 3.16. The van der Waals surface area contributed by atoms with Crippen LogP contribution in [0.5, 0.6) is 17.2 Å². The van der Waals surface area contributed by atoms with Gasteiger partial charge >= 0.3 is 5.97 Å². The van der Waals surface area contributed by atoms with E-state index >= 15 is 0 Å². The number of hydrogen-bond donors (Lipinski definition) is 0. The van der Waals surface area contributed by atoms with Crippen LogP contribution in [0.4, 0.5) is 0 Å². The molecule has 0 amide bonds. The van der Waals surface area contributed by atoms with E-state index in [9.17, 15) is 13.2 Å². The van der Waals surface area contributed by atoms with Gasteiger partial charge < -0.3 is 18.9 Å². The molecule has 1 aliphatic rings. The number of rotatable bonds is 7. The highest BCUT2D eigenvalue weighted by molar-refractivity contribution is 7.90. The molecule has 0 radical (unpaired) electrons. The number of ether oxygens (including phenoxy) is 4. The van der Waals surface area contributed by atoms with Crippen molar-refractivity contribution in [2.45, 2.75) is 18.1 Å². The van der Waals surface area contributed by atoms with Crippen LogP contribution in [0, 0.1) is 0 Å². The molecule has 0 aliphatic carbocycles. The largest absolute Gasteiger partial charge is 0.493 e. The quantitative estimate of drug-likeness (QED) is 0.498. The minimum atomic E-state index is -3.27. The van der Waals surface area contributed by atoms with E-state index in [-0.39, 0.29) is 24.1 Å². The van der Waals surface area contributed by atoms with Crippen molar-refractivity contribution in [3.63, 3.8) is 0 Å². The third kappa shape index (κ3) is 4.13. The smallest absolute Gasteiger partial charge is 0.338 e. The maximum atomic E-state index is 11.8. The zero-order valence-corrected chi connectivity index (χ0v) is 18.7. The first kappa shape index (κ1) is 21.7. The number of fused-ring (bicyclic) bond motifs is 1. The van der Waals surface area contributed by atoms with Gasteiger partial charge in [0, 0.05) is 17.4 Å². The summed E-state index contributed by atoms with van der Waals surface area (Å²) in [6, 6.07) is 15.6. The van der Waals surface area contributed by atoms with Crippen LogP contribution in [0.3, 0.4) is 0 Å². The summed E-state index contributed by atoms with van der Waals surface area (Å²) in [5, 5.41) is 0. The van der Waals surface area contributed by atoms with Gasteiger partial charge in [-0.1, -0.05) is 18.2 Å². The van der Waals surface area contributed by atoms with Crippen molar-refractivity contribution in [1.82, 2.24) is 0 Å². The van der Waals surface area contributed by atoms with E-state index in [1.807, 2.05) is 18.2 Å². The summed E-state index contributed by atoms with van der Waals surface area (Å²) in [5.41, 5.74) is 3.76. The third-order valence-electron chi connectivity index (χ3n) is 5.23. The SMILES string of the molecule is COc1ccc(-c2ccc3c(c2)COC3=O)c(OCc2ccc(S(C)(=O)=O)cc2)c1OC. The van der Waals surface area contributed by atoms with Crippen molar-refractivity contribution in [2.24, 2.45) is 0 Å². The first-order valence-corrected chi connectivity index (χ1v) is 11.7. The molecule has 0 saturated carbocycles. The summed E-state index contributed by atoms with van der Waals surface area (Å²) < 4.78 is 45.6.